The van der Waals surface area contributed by atoms with Gasteiger partial charge >= 0.3 is 0 Å². The van der Waals surface area contributed by atoms with E-state index in [2.05, 4.69) is 27.8 Å². The molecular formula is C13H15N3OS2. The standard InChI is InChI=1S/C13H15N3OS2/c1-13(2)8-16-11(19-15-12(16)18-13)14-9-4-6-10(17-3)7-5-9/h4-7H,8H2,1-3H3. The Labute approximate surface area is 120 Å². The Morgan fingerprint density at radius 3 is 2.74 bits per heavy atom. The van der Waals surface area contributed by atoms with Crippen molar-refractivity contribution in [3.63, 3.8) is 0 Å². The molecule has 2 aromatic rings. The molecule has 0 spiro atoms. The van der Waals surface area contributed by atoms with Gasteiger partial charge in [0, 0.05) is 22.8 Å². The molecule has 0 aliphatic carbocycles. The molecule has 0 radical (unpaired) electrons. The van der Waals surface area contributed by atoms with Gasteiger partial charge in [0.2, 0.25) is 4.80 Å². The van der Waals surface area contributed by atoms with Gasteiger partial charge in [0.1, 0.15) is 5.75 Å². The van der Waals surface area contributed by atoms with Crippen LogP contribution in [0.4, 0.5) is 5.69 Å². The summed E-state index contributed by atoms with van der Waals surface area (Å²) in [4.78, 5) is 5.62. The van der Waals surface area contributed by atoms with Gasteiger partial charge in [0.15, 0.2) is 5.16 Å². The summed E-state index contributed by atoms with van der Waals surface area (Å²) < 4.78 is 12.0. The van der Waals surface area contributed by atoms with Crippen molar-refractivity contribution in [1.29, 1.82) is 0 Å². The summed E-state index contributed by atoms with van der Waals surface area (Å²) in [6.45, 7) is 5.42. The average molecular weight is 293 g/mol. The molecule has 0 amide bonds. The van der Waals surface area contributed by atoms with Gasteiger partial charge in [-0.25, -0.2) is 4.99 Å². The molecule has 0 N–H and O–H groups in total. The summed E-state index contributed by atoms with van der Waals surface area (Å²) in [6, 6.07) is 7.75. The number of benzene rings is 1. The lowest BCUT2D eigenvalue weighted by Gasteiger charge is -2.12. The second kappa shape index (κ2) is 4.68. The topological polar surface area (TPSA) is 39.4 Å². The fourth-order valence-electron chi connectivity index (χ4n) is 1.98. The van der Waals surface area contributed by atoms with Crippen LogP contribution in [0.2, 0.25) is 0 Å². The predicted molar refractivity (Wildman–Crippen MR) is 78.3 cm³/mol. The molecule has 4 nitrogen and oxygen atoms in total. The van der Waals surface area contributed by atoms with Crippen molar-refractivity contribution in [3.05, 3.63) is 29.1 Å². The first-order valence-electron chi connectivity index (χ1n) is 6.02. The number of hydrogen-bond donors (Lipinski definition) is 0. The lowest BCUT2D eigenvalue weighted by Crippen LogP contribution is -2.21. The zero-order valence-corrected chi connectivity index (χ0v) is 12.7. The summed E-state index contributed by atoms with van der Waals surface area (Å²) in [5.41, 5.74) is 0.925. The van der Waals surface area contributed by atoms with Crippen molar-refractivity contribution in [3.8, 4) is 5.75 Å². The number of hydrogen-bond acceptors (Lipinski definition) is 5. The molecule has 1 aliphatic rings. The SMILES string of the molecule is COc1ccc(N=c2snc3n2CC(C)(C)S3)cc1. The summed E-state index contributed by atoms with van der Waals surface area (Å²) >= 11 is 3.26. The van der Waals surface area contributed by atoms with E-state index in [9.17, 15) is 0 Å². The molecule has 0 unspecified atom stereocenters. The number of nitrogens with zero attached hydrogens (tertiary/aromatic N) is 3. The Balaban J connectivity index is 1.97. The maximum Gasteiger partial charge on any atom is 0.210 e. The van der Waals surface area contributed by atoms with Crippen molar-refractivity contribution in [2.75, 3.05) is 7.11 Å². The zero-order chi connectivity index (χ0) is 13.5. The molecule has 0 saturated heterocycles. The highest BCUT2D eigenvalue weighted by Crippen LogP contribution is 2.38. The van der Waals surface area contributed by atoms with Gasteiger partial charge in [-0.2, -0.15) is 4.37 Å². The van der Waals surface area contributed by atoms with Crippen LogP contribution >= 0.6 is 23.3 Å². The fourth-order valence-corrected chi connectivity index (χ4v) is 3.90. The Hall–Kier alpha value is -1.27. The lowest BCUT2D eigenvalue weighted by atomic mass is 10.2. The predicted octanol–water partition coefficient (Wildman–Crippen LogP) is 3.07. The first kappa shape index (κ1) is 12.7. The van der Waals surface area contributed by atoms with Gasteiger partial charge < -0.3 is 4.74 Å². The van der Waals surface area contributed by atoms with Crippen LogP contribution in [0.15, 0.2) is 34.4 Å². The van der Waals surface area contributed by atoms with E-state index in [1.165, 1.54) is 11.5 Å². The van der Waals surface area contributed by atoms with Crippen LogP contribution < -0.4 is 9.54 Å². The molecule has 6 heteroatoms. The van der Waals surface area contributed by atoms with Crippen LogP contribution in [0.3, 0.4) is 0 Å². The van der Waals surface area contributed by atoms with E-state index in [0.717, 1.165) is 27.9 Å². The third-order valence-corrected chi connectivity index (χ3v) is 4.90. The normalized spacial score (nSPS) is 17.5. The molecule has 1 aromatic heterocycles. The number of ether oxygens (including phenoxy) is 1. The van der Waals surface area contributed by atoms with Crippen molar-refractivity contribution in [2.24, 2.45) is 4.99 Å². The van der Waals surface area contributed by atoms with Crippen molar-refractivity contribution in [2.45, 2.75) is 30.3 Å². The molecule has 3 rings (SSSR count). The first-order valence-corrected chi connectivity index (χ1v) is 7.61. The van der Waals surface area contributed by atoms with Gasteiger partial charge in [0.05, 0.1) is 12.8 Å². The lowest BCUT2D eigenvalue weighted by molar-refractivity contribution is 0.415. The van der Waals surface area contributed by atoms with Crippen molar-refractivity contribution < 1.29 is 4.74 Å². The summed E-state index contributed by atoms with van der Waals surface area (Å²) in [5.74, 6) is 0.845. The smallest absolute Gasteiger partial charge is 0.210 e. The Kier molecular flexibility index (Phi) is 3.14. The minimum Gasteiger partial charge on any atom is -0.497 e. The second-order valence-electron chi connectivity index (χ2n) is 5.01. The van der Waals surface area contributed by atoms with E-state index in [1.807, 2.05) is 36.0 Å². The zero-order valence-electron chi connectivity index (χ0n) is 11.1. The highest BCUT2D eigenvalue weighted by molar-refractivity contribution is 8.00. The Morgan fingerprint density at radius 2 is 2.05 bits per heavy atom. The third kappa shape index (κ3) is 2.55. The Morgan fingerprint density at radius 1 is 1.32 bits per heavy atom. The molecular weight excluding hydrogens is 278 g/mol. The number of rotatable bonds is 2. The summed E-state index contributed by atoms with van der Waals surface area (Å²) in [6.07, 6.45) is 0. The fraction of sp³-hybridized carbons (Fsp3) is 0.385. The summed E-state index contributed by atoms with van der Waals surface area (Å²) in [7, 11) is 1.66. The van der Waals surface area contributed by atoms with Gasteiger partial charge in [-0.3, -0.25) is 4.57 Å². The summed E-state index contributed by atoms with van der Waals surface area (Å²) in [5, 5.41) is 1.07. The van der Waals surface area contributed by atoms with Crippen molar-refractivity contribution in [1.82, 2.24) is 8.94 Å². The van der Waals surface area contributed by atoms with Gasteiger partial charge in [-0.1, -0.05) is 11.8 Å². The van der Waals surface area contributed by atoms with Crippen LogP contribution in [-0.4, -0.2) is 20.8 Å². The highest BCUT2D eigenvalue weighted by atomic mass is 32.2. The average Bonchev–Trinajstić information content (AvgIpc) is 2.87. The minimum absolute atomic E-state index is 0.209. The van der Waals surface area contributed by atoms with E-state index in [0.29, 0.717) is 0 Å². The number of aromatic nitrogens is 2. The van der Waals surface area contributed by atoms with Gasteiger partial charge in [-0.05, 0) is 38.1 Å². The van der Waals surface area contributed by atoms with Crippen LogP contribution in [0.1, 0.15) is 13.8 Å². The number of fused-ring (bicyclic) bond motifs is 1. The van der Waals surface area contributed by atoms with Crippen LogP contribution in [0.5, 0.6) is 5.75 Å². The highest BCUT2D eigenvalue weighted by Gasteiger charge is 2.31. The van der Waals surface area contributed by atoms with E-state index in [1.54, 1.807) is 7.11 Å². The molecule has 19 heavy (non-hydrogen) atoms. The molecule has 1 aliphatic heterocycles. The second-order valence-corrected chi connectivity index (χ2v) is 7.41. The van der Waals surface area contributed by atoms with Crippen molar-refractivity contribution >= 4 is 29.0 Å². The van der Waals surface area contributed by atoms with Crippen LogP contribution in [0.25, 0.3) is 0 Å². The molecule has 0 bridgehead atoms. The molecule has 0 atom stereocenters. The monoisotopic (exact) mass is 293 g/mol. The minimum atomic E-state index is 0.209. The number of methoxy groups -OCH3 is 1. The molecule has 0 fully saturated rings. The maximum absolute atomic E-state index is 5.15. The Bertz CT molecular complexity index is 655. The van der Waals surface area contributed by atoms with E-state index in [-0.39, 0.29) is 4.75 Å². The van der Waals surface area contributed by atoms with Gasteiger partial charge in [0.25, 0.3) is 0 Å². The molecule has 0 saturated carbocycles. The molecule has 100 valence electrons. The van der Waals surface area contributed by atoms with E-state index < -0.39 is 0 Å². The first-order chi connectivity index (χ1) is 9.07. The largest absolute Gasteiger partial charge is 0.497 e. The molecule has 1 aromatic carbocycles. The van der Waals surface area contributed by atoms with Crippen LogP contribution in [0, 0.1) is 0 Å². The number of thioether (sulfide) groups is 1. The van der Waals surface area contributed by atoms with Crippen LogP contribution in [-0.2, 0) is 6.54 Å². The van der Waals surface area contributed by atoms with E-state index in [4.69, 9.17) is 4.74 Å². The molecule has 2 heterocycles. The van der Waals surface area contributed by atoms with Gasteiger partial charge in [-0.15, -0.1) is 0 Å². The quantitative estimate of drug-likeness (QED) is 0.854. The third-order valence-electron chi connectivity index (χ3n) is 2.87. The van der Waals surface area contributed by atoms with E-state index >= 15 is 0 Å². The maximum atomic E-state index is 5.15.